The third-order valence-corrected chi connectivity index (χ3v) is 5.93. The summed E-state index contributed by atoms with van der Waals surface area (Å²) < 4.78 is 11.2. The molecule has 1 amide bonds. The van der Waals surface area contributed by atoms with Crippen molar-refractivity contribution in [1.82, 2.24) is 10.3 Å². The van der Waals surface area contributed by atoms with E-state index >= 15 is 0 Å². The molecule has 6 heteroatoms. The predicted octanol–water partition coefficient (Wildman–Crippen LogP) is 5.25. The molecule has 184 valence electrons. The van der Waals surface area contributed by atoms with Gasteiger partial charge in [-0.1, -0.05) is 55.5 Å². The van der Waals surface area contributed by atoms with Gasteiger partial charge in [0.1, 0.15) is 18.1 Å². The zero-order valence-corrected chi connectivity index (χ0v) is 20.5. The fourth-order valence-corrected chi connectivity index (χ4v) is 3.76. The summed E-state index contributed by atoms with van der Waals surface area (Å²) in [5.74, 6) is 1.17. The summed E-state index contributed by atoms with van der Waals surface area (Å²) in [5, 5.41) is 13.6. The van der Waals surface area contributed by atoms with Gasteiger partial charge < -0.3 is 19.9 Å². The van der Waals surface area contributed by atoms with E-state index in [1.54, 1.807) is 7.11 Å². The molecule has 6 nitrogen and oxygen atoms in total. The molecule has 0 saturated heterocycles. The van der Waals surface area contributed by atoms with E-state index in [0.29, 0.717) is 24.4 Å². The zero-order chi connectivity index (χ0) is 25.3. The Bertz CT molecular complexity index is 1330. The van der Waals surface area contributed by atoms with Crippen LogP contribution in [0.25, 0.3) is 22.6 Å². The van der Waals surface area contributed by atoms with Crippen LogP contribution in [0.3, 0.4) is 0 Å². The molecule has 0 aliphatic carbocycles. The Hall–Kier alpha value is -4.16. The van der Waals surface area contributed by atoms with Crippen LogP contribution in [0.4, 0.5) is 0 Å². The van der Waals surface area contributed by atoms with Crippen LogP contribution in [0.1, 0.15) is 30.2 Å². The lowest BCUT2D eigenvalue weighted by atomic mass is 10.0. The van der Waals surface area contributed by atoms with Crippen LogP contribution < -0.4 is 14.8 Å². The van der Waals surface area contributed by atoms with Gasteiger partial charge >= 0.3 is 0 Å². The van der Waals surface area contributed by atoms with Crippen molar-refractivity contribution >= 4 is 28.5 Å². The number of carbonyl (C=O) groups is 1. The molecule has 0 saturated carbocycles. The minimum Gasteiger partial charge on any atom is -0.497 e. The summed E-state index contributed by atoms with van der Waals surface area (Å²) in [7, 11) is 1.61. The monoisotopic (exact) mass is 482 g/mol. The molecule has 4 aromatic rings. The number of para-hydroxylation sites is 1. The van der Waals surface area contributed by atoms with Gasteiger partial charge in [0.25, 0.3) is 5.91 Å². The average Bonchev–Trinajstić information content (AvgIpc) is 2.94. The van der Waals surface area contributed by atoms with Crippen LogP contribution in [-0.4, -0.2) is 35.8 Å². The highest BCUT2D eigenvalue weighted by atomic mass is 16.5. The van der Waals surface area contributed by atoms with Crippen molar-refractivity contribution in [2.45, 2.75) is 26.0 Å². The standard InChI is InChI=1S/C30H30N2O4/c1-3-24(19-33)32-30(34)28(18-21-8-14-26(35-2)15-9-21)22-11-16-27(17-12-22)36-20-25-13-10-23-6-4-5-7-29(23)31-25/h4-18,24,33H,3,19-20H2,1-2H3,(H,32,34). The van der Waals surface area contributed by atoms with E-state index in [4.69, 9.17) is 9.47 Å². The Morgan fingerprint density at radius 1 is 0.972 bits per heavy atom. The number of hydrogen-bond donors (Lipinski definition) is 2. The number of carbonyl (C=O) groups excluding carboxylic acids is 1. The molecule has 3 aromatic carbocycles. The Balaban J connectivity index is 1.53. The van der Waals surface area contributed by atoms with Gasteiger partial charge in [-0.05, 0) is 60.0 Å². The molecule has 0 fully saturated rings. The summed E-state index contributed by atoms with van der Waals surface area (Å²) >= 11 is 0. The van der Waals surface area contributed by atoms with Crippen LogP contribution in [0.2, 0.25) is 0 Å². The number of aliphatic hydroxyl groups excluding tert-OH is 1. The first-order valence-corrected chi connectivity index (χ1v) is 11.9. The molecule has 0 aliphatic rings. The number of benzene rings is 3. The SMILES string of the molecule is CCC(CO)NC(=O)C(=Cc1ccc(OC)cc1)c1ccc(OCc2ccc3ccccc3n2)cc1. The third kappa shape index (κ3) is 6.29. The first-order valence-electron chi connectivity index (χ1n) is 11.9. The first kappa shape index (κ1) is 24.9. The van der Waals surface area contributed by atoms with Gasteiger partial charge in [-0.25, -0.2) is 4.98 Å². The number of pyridine rings is 1. The number of aromatic nitrogens is 1. The third-order valence-electron chi connectivity index (χ3n) is 5.93. The molecule has 1 heterocycles. The van der Waals surface area contributed by atoms with Crippen LogP contribution in [-0.2, 0) is 11.4 Å². The number of aliphatic hydroxyl groups is 1. The van der Waals surface area contributed by atoms with E-state index in [9.17, 15) is 9.90 Å². The molecule has 0 aliphatic heterocycles. The van der Waals surface area contributed by atoms with E-state index in [-0.39, 0.29) is 18.6 Å². The lowest BCUT2D eigenvalue weighted by molar-refractivity contribution is -0.116. The van der Waals surface area contributed by atoms with Gasteiger partial charge in [0.05, 0.1) is 31.0 Å². The highest BCUT2D eigenvalue weighted by Crippen LogP contribution is 2.24. The summed E-state index contributed by atoms with van der Waals surface area (Å²) in [6, 6.07) is 26.5. The minimum absolute atomic E-state index is 0.117. The van der Waals surface area contributed by atoms with Crippen LogP contribution >= 0.6 is 0 Å². The fraction of sp³-hybridized carbons (Fsp3) is 0.200. The maximum absolute atomic E-state index is 13.1. The van der Waals surface area contributed by atoms with Gasteiger partial charge in [-0.15, -0.1) is 0 Å². The number of fused-ring (bicyclic) bond motifs is 1. The smallest absolute Gasteiger partial charge is 0.252 e. The van der Waals surface area contributed by atoms with Gasteiger partial charge in [-0.3, -0.25) is 4.79 Å². The van der Waals surface area contributed by atoms with E-state index in [1.807, 2.05) is 97.9 Å². The lowest BCUT2D eigenvalue weighted by Gasteiger charge is -2.16. The molecule has 0 bridgehead atoms. The molecule has 1 unspecified atom stereocenters. The predicted molar refractivity (Wildman–Crippen MR) is 143 cm³/mol. The van der Waals surface area contributed by atoms with Gasteiger partial charge in [-0.2, -0.15) is 0 Å². The molecule has 1 aromatic heterocycles. The molecule has 0 radical (unpaired) electrons. The van der Waals surface area contributed by atoms with Crippen molar-refractivity contribution in [3.8, 4) is 11.5 Å². The maximum atomic E-state index is 13.1. The topological polar surface area (TPSA) is 80.7 Å². The number of ether oxygens (including phenoxy) is 2. The van der Waals surface area contributed by atoms with E-state index in [1.165, 1.54) is 0 Å². The highest BCUT2D eigenvalue weighted by molar-refractivity contribution is 6.24. The van der Waals surface area contributed by atoms with Crippen molar-refractivity contribution < 1.29 is 19.4 Å². The van der Waals surface area contributed by atoms with Crippen molar-refractivity contribution in [1.29, 1.82) is 0 Å². The number of amides is 1. The Labute approximate surface area is 211 Å². The van der Waals surface area contributed by atoms with Crippen LogP contribution in [0.15, 0.2) is 84.9 Å². The number of nitrogens with zero attached hydrogens (tertiary/aromatic N) is 1. The lowest BCUT2D eigenvalue weighted by Crippen LogP contribution is -2.37. The average molecular weight is 483 g/mol. The van der Waals surface area contributed by atoms with Crippen molar-refractivity contribution in [2.75, 3.05) is 13.7 Å². The van der Waals surface area contributed by atoms with E-state index in [2.05, 4.69) is 10.3 Å². The summed E-state index contributed by atoms with van der Waals surface area (Å²) in [4.78, 5) is 17.8. The number of hydrogen-bond acceptors (Lipinski definition) is 5. The van der Waals surface area contributed by atoms with Crippen LogP contribution in [0, 0.1) is 0 Å². The number of methoxy groups -OCH3 is 1. The second-order valence-electron chi connectivity index (χ2n) is 8.40. The molecular weight excluding hydrogens is 452 g/mol. The molecule has 0 spiro atoms. The number of nitrogens with one attached hydrogen (secondary N) is 1. The summed E-state index contributed by atoms with van der Waals surface area (Å²) in [6.07, 6.45) is 2.46. The first-order chi connectivity index (χ1) is 17.6. The highest BCUT2D eigenvalue weighted by Gasteiger charge is 2.16. The molecule has 36 heavy (non-hydrogen) atoms. The Morgan fingerprint density at radius 2 is 1.69 bits per heavy atom. The Kier molecular flexibility index (Phi) is 8.32. The largest absolute Gasteiger partial charge is 0.497 e. The second-order valence-corrected chi connectivity index (χ2v) is 8.40. The van der Waals surface area contributed by atoms with Gasteiger partial charge in [0.2, 0.25) is 0 Å². The molecule has 1 atom stereocenters. The molecule has 2 N–H and O–H groups in total. The van der Waals surface area contributed by atoms with Crippen LogP contribution in [0.5, 0.6) is 11.5 Å². The normalized spacial score (nSPS) is 12.2. The summed E-state index contributed by atoms with van der Waals surface area (Å²) in [6.45, 7) is 2.14. The van der Waals surface area contributed by atoms with Gasteiger partial charge in [0.15, 0.2) is 0 Å². The molecular formula is C30H30N2O4. The maximum Gasteiger partial charge on any atom is 0.252 e. The minimum atomic E-state index is -0.311. The molecule has 4 rings (SSSR count). The summed E-state index contributed by atoms with van der Waals surface area (Å²) in [5.41, 5.74) is 3.87. The Morgan fingerprint density at radius 3 is 2.39 bits per heavy atom. The van der Waals surface area contributed by atoms with Crippen molar-refractivity contribution in [3.05, 3.63) is 102 Å². The van der Waals surface area contributed by atoms with E-state index in [0.717, 1.165) is 33.5 Å². The second kappa shape index (κ2) is 12.0. The van der Waals surface area contributed by atoms with Crippen molar-refractivity contribution in [3.63, 3.8) is 0 Å². The van der Waals surface area contributed by atoms with Gasteiger partial charge in [0, 0.05) is 11.0 Å². The zero-order valence-electron chi connectivity index (χ0n) is 20.5. The fourth-order valence-electron chi connectivity index (χ4n) is 3.76. The van der Waals surface area contributed by atoms with E-state index < -0.39 is 0 Å². The van der Waals surface area contributed by atoms with Crippen molar-refractivity contribution in [2.24, 2.45) is 0 Å². The number of rotatable bonds is 10. The quantitative estimate of drug-likeness (QED) is 0.238.